The van der Waals surface area contributed by atoms with Gasteiger partial charge in [-0.05, 0) is 18.4 Å². The molecule has 9 nitrogen and oxygen atoms in total. The van der Waals surface area contributed by atoms with Crippen molar-refractivity contribution in [3.05, 3.63) is 35.9 Å². The molecule has 0 heterocycles. The van der Waals surface area contributed by atoms with Crippen molar-refractivity contribution in [2.75, 3.05) is 12.4 Å². The molecule has 3 atom stereocenters. The number of unbranched alkanes of at least 4 members (excludes halogenated alkanes) is 20. The van der Waals surface area contributed by atoms with Crippen LogP contribution in [0.5, 0.6) is 0 Å². The summed E-state index contributed by atoms with van der Waals surface area (Å²) in [6, 6.07) is 7.43. The number of aliphatic hydroxyl groups excluding tert-OH is 2. The van der Waals surface area contributed by atoms with E-state index in [1.807, 2.05) is 0 Å². The highest BCUT2D eigenvalue weighted by Crippen LogP contribution is 2.54. The van der Waals surface area contributed by atoms with Crippen molar-refractivity contribution < 1.29 is 37.7 Å². The van der Waals surface area contributed by atoms with Gasteiger partial charge in [-0.25, -0.2) is 13.1 Å². The van der Waals surface area contributed by atoms with Crippen LogP contribution in [0, 0.1) is 0 Å². The van der Waals surface area contributed by atoms with Gasteiger partial charge in [0, 0.05) is 0 Å². The highest BCUT2D eigenvalue weighted by atomic mass is 32.2. The molecule has 0 bridgehead atoms. The maximum Gasteiger partial charge on any atom is 0.362 e. The minimum absolute atomic E-state index is 0.142. The van der Waals surface area contributed by atoms with Crippen LogP contribution < -0.4 is 4.72 Å². The largest absolute Gasteiger partial charge is 0.393 e. The Hall–Kier alpha value is -0.840. The monoisotopic (exact) mass is 719 g/mol. The Labute approximate surface area is 293 Å². The lowest BCUT2D eigenvalue weighted by Crippen LogP contribution is -2.58. The predicted octanol–water partition coefficient (Wildman–Crippen LogP) is 8.73. The number of aliphatic hydroxyl groups is 2. The van der Waals surface area contributed by atoms with Crippen molar-refractivity contribution in [3.63, 3.8) is 0 Å². The van der Waals surface area contributed by atoms with Crippen molar-refractivity contribution in [3.8, 4) is 0 Å². The maximum absolute atomic E-state index is 13.2. The molecule has 282 valence electrons. The van der Waals surface area contributed by atoms with Crippen molar-refractivity contribution >= 4 is 17.6 Å². The molecule has 3 unspecified atom stereocenters. The van der Waals surface area contributed by atoms with Crippen LogP contribution in [-0.2, 0) is 25.9 Å². The van der Waals surface area contributed by atoms with E-state index in [2.05, 4.69) is 18.6 Å². The molecular formula is C37H70NO8PS. The minimum atomic E-state index is -5.29. The summed E-state index contributed by atoms with van der Waals surface area (Å²) in [5, 5.41) is 19.1. The van der Waals surface area contributed by atoms with Gasteiger partial charge in [-0.1, -0.05) is 179 Å². The van der Waals surface area contributed by atoms with E-state index in [0.29, 0.717) is 18.4 Å². The summed E-state index contributed by atoms with van der Waals surface area (Å²) >= 11 is 0. The molecule has 1 aromatic rings. The van der Waals surface area contributed by atoms with Crippen LogP contribution in [0.3, 0.4) is 0 Å². The highest BCUT2D eigenvalue weighted by Gasteiger charge is 2.56. The number of sulfonamides is 1. The number of benzene rings is 1. The Morgan fingerprint density at radius 2 is 1.12 bits per heavy atom. The summed E-state index contributed by atoms with van der Waals surface area (Å²) in [5.41, 5.74) is 0.592. The fourth-order valence-electron chi connectivity index (χ4n) is 6.23. The van der Waals surface area contributed by atoms with Crippen LogP contribution in [0.25, 0.3) is 0 Å². The lowest BCUT2D eigenvalue weighted by Gasteiger charge is -2.40. The molecule has 0 fully saturated rings. The first-order valence-corrected chi connectivity index (χ1v) is 22.3. The quantitative estimate of drug-likeness (QED) is 0.0357. The molecule has 0 aliphatic rings. The summed E-state index contributed by atoms with van der Waals surface area (Å²) in [4.78, 5) is 20.8. The third-order valence-corrected chi connectivity index (χ3v) is 12.4. The van der Waals surface area contributed by atoms with Crippen LogP contribution >= 0.6 is 7.60 Å². The summed E-state index contributed by atoms with van der Waals surface area (Å²) in [6.07, 6.45) is 22.3. The summed E-state index contributed by atoms with van der Waals surface area (Å²) < 4.78 is 47.4. The van der Waals surface area contributed by atoms with Crippen molar-refractivity contribution in [1.29, 1.82) is 0 Å². The van der Waals surface area contributed by atoms with Gasteiger partial charge in [0.25, 0.3) is 0 Å². The zero-order valence-corrected chi connectivity index (χ0v) is 31.9. The van der Waals surface area contributed by atoms with Crippen molar-refractivity contribution in [1.82, 2.24) is 4.72 Å². The smallest absolute Gasteiger partial charge is 0.362 e. The maximum atomic E-state index is 13.2. The second kappa shape index (κ2) is 26.9. The first kappa shape index (κ1) is 45.2. The van der Waals surface area contributed by atoms with Crippen molar-refractivity contribution in [2.45, 2.75) is 186 Å². The first-order chi connectivity index (χ1) is 23.0. The number of hydrogen-bond donors (Lipinski definition) is 5. The zero-order valence-electron chi connectivity index (χ0n) is 30.2. The standard InChI is InChI=1S/C37H70NO8PS/c1-3-5-7-9-11-13-14-15-16-17-18-19-21-26-30-35(38-48(44,45)31-27-22-20-12-10-8-6-4-2)36(40)37(33-39,47(41,42)43)46-32-34-28-24-23-25-29-34/h23-25,28-29,35-36,38-40H,3-22,26-27,30-33H2,1-2H3,(H2,41,42,43). The molecule has 0 saturated heterocycles. The number of nitrogens with one attached hydrogen (secondary N) is 1. The molecule has 11 heteroatoms. The average molecular weight is 720 g/mol. The molecule has 0 amide bonds. The van der Waals surface area contributed by atoms with E-state index in [1.54, 1.807) is 30.3 Å². The molecule has 48 heavy (non-hydrogen) atoms. The van der Waals surface area contributed by atoms with Gasteiger partial charge < -0.3 is 24.7 Å². The van der Waals surface area contributed by atoms with Crippen LogP contribution in [0.15, 0.2) is 30.3 Å². The molecule has 1 aromatic carbocycles. The van der Waals surface area contributed by atoms with E-state index >= 15 is 0 Å². The third-order valence-electron chi connectivity index (χ3n) is 9.36. The van der Waals surface area contributed by atoms with Gasteiger partial charge in [0.2, 0.25) is 15.4 Å². The Morgan fingerprint density at radius 1 is 0.708 bits per heavy atom. The van der Waals surface area contributed by atoms with Crippen LogP contribution in [0.1, 0.15) is 167 Å². The SMILES string of the molecule is CCCCCCCCCCCCCCCCC(NS(=O)(=O)CCCCCCCCCC)C(O)C(CO)(OCc1ccccc1)P(=O)(O)O. The second-order valence-electron chi connectivity index (χ2n) is 13.7. The lowest BCUT2D eigenvalue weighted by atomic mass is 9.98. The van der Waals surface area contributed by atoms with Crippen LogP contribution in [0.4, 0.5) is 0 Å². The van der Waals surface area contributed by atoms with Gasteiger partial charge in [0.15, 0.2) is 0 Å². The topological polar surface area (TPSA) is 153 Å². The fourth-order valence-corrected chi connectivity index (χ4v) is 8.58. The normalized spacial score (nSPS) is 15.0. The first-order valence-electron chi connectivity index (χ1n) is 19.1. The molecule has 0 aliphatic heterocycles. The molecular weight excluding hydrogens is 649 g/mol. The van der Waals surface area contributed by atoms with Gasteiger partial charge in [-0.3, -0.25) is 4.57 Å². The number of rotatable bonds is 33. The molecule has 0 radical (unpaired) electrons. The molecule has 5 N–H and O–H groups in total. The highest BCUT2D eigenvalue weighted by molar-refractivity contribution is 7.89. The molecule has 0 saturated carbocycles. The lowest BCUT2D eigenvalue weighted by molar-refractivity contribution is -0.123. The summed E-state index contributed by atoms with van der Waals surface area (Å²) in [5.74, 6) is -0.142. The predicted molar refractivity (Wildman–Crippen MR) is 197 cm³/mol. The van der Waals surface area contributed by atoms with E-state index in [9.17, 15) is 33.0 Å². The molecule has 0 aliphatic carbocycles. The Morgan fingerprint density at radius 3 is 1.54 bits per heavy atom. The van der Waals surface area contributed by atoms with Gasteiger partial charge >= 0.3 is 7.60 Å². The third kappa shape index (κ3) is 19.5. The average Bonchev–Trinajstić information content (AvgIpc) is 3.05. The zero-order chi connectivity index (χ0) is 35.6. The number of hydrogen-bond acceptors (Lipinski definition) is 6. The fraction of sp³-hybridized carbons (Fsp3) is 0.838. The van der Waals surface area contributed by atoms with E-state index < -0.39 is 41.7 Å². The van der Waals surface area contributed by atoms with E-state index in [1.165, 1.54) is 77.0 Å². The van der Waals surface area contributed by atoms with Crippen LogP contribution in [-0.4, -0.2) is 58.3 Å². The number of ether oxygens (including phenoxy) is 1. The molecule has 0 aromatic heterocycles. The van der Waals surface area contributed by atoms with Gasteiger partial charge in [-0.15, -0.1) is 0 Å². The van der Waals surface area contributed by atoms with E-state index in [-0.39, 0.29) is 18.8 Å². The Balaban J connectivity index is 2.78. The van der Waals surface area contributed by atoms with Crippen LogP contribution in [0.2, 0.25) is 0 Å². The van der Waals surface area contributed by atoms with E-state index in [4.69, 9.17) is 4.74 Å². The molecule has 0 spiro atoms. The van der Waals surface area contributed by atoms with Crippen molar-refractivity contribution in [2.24, 2.45) is 0 Å². The van der Waals surface area contributed by atoms with E-state index in [0.717, 1.165) is 51.4 Å². The minimum Gasteiger partial charge on any atom is -0.393 e. The second-order valence-corrected chi connectivity index (χ2v) is 17.4. The molecule has 1 rings (SSSR count). The van der Waals surface area contributed by atoms with Gasteiger partial charge in [0.05, 0.1) is 25.0 Å². The Kier molecular flexibility index (Phi) is 25.3. The summed E-state index contributed by atoms with van der Waals surface area (Å²) in [7, 11) is -9.17. The summed E-state index contributed by atoms with van der Waals surface area (Å²) in [6.45, 7) is 2.95. The Bertz CT molecular complexity index is 1050. The van der Waals surface area contributed by atoms with Gasteiger partial charge in [0.1, 0.15) is 6.10 Å². The van der Waals surface area contributed by atoms with Gasteiger partial charge in [-0.2, -0.15) is 0 Å².